The molecule has 7 nitrogen and oxygen atoms in total. The fraction of sp³-hybridized carbons (Fsp3) is 0.455. The molecular weight excluding hydrogens is 400 g/mol. The lowest BCUT2D eigenvalue weighted by Gasteiger charge is -2.45. The SMILES string of the molecule is CC1(C(=O)N(CC(=O)NCc2cccs2)C2CCCC2)CC(=O)N=C2C=CC=CN21. The summed E-state index contributed by atoms with van der Waals surface area (Å²) in [5, 5.41) is 4.89. The zero-order valence-electron chi connectivity index (χ0n) is 17.0. The van der Waals surface area contributed by atoms with Crippen LogP contribution >= 0.6 is 11.3 Å². The highest BCUT2D eigenvalue weighted by Crippen LogP contribution is 2.33. The number of amides is 3. The normalized spacial score (nSPS) is 23.3. The van der Waals surface area contributed by atoms with Crippen LogP contribution in [0.25, 0.3) is 0 Å². The quantitative estimate of drug-likeness (QED) is 0.758. The van der Waals surface area contributed by atoms with Gasteiger partial charge in [-0.1, -0.05) is 25.0 Å². The van der Waals surface area contributed by atoms with Gasteiger partial charge in [-0.25, -0.2) is 0 Å². The number of amidine groups is 1. The second-order valence-corrected chi connectivity index (χ2v) is 9.14. The maximum atomic E-state index is 13.8. The Kier molecular flexibility index (Phi) is 5.85. The van der Waals surface area contributed by atoms with Gasteiger partial charge in [-0.15, -0.1) is 11.3 Å². The number of nitrogens with one attached hydrogen (secondary N) is 1. The molecule has 158 valence electrons. The predicted octanol–water partition coefficient (Wildman–Crippen LogP) is 2.61. The summed E-state index contributed by atoms with van der Waals surface area (Å²) in [5.41, 5.74) is -1.09. The van der Waals surface area contributed by atoms with Crippen LogP contribution in [0, 0.1) is 0 Å². The van der Waals surface area contributed by atoms with Gasteiger partial charge in [0, 0.05) is 17.1 Å². The fourth-order valence-electron chi connectivity index (χ4n) is 4.37. The molecule has 1 unspecified atom stereocenters. The van der Waals surface area contributed by atoms with Gasteiger partial charge in [0.1, 0.15) is 11.4 Å². The van der Waals surface area contributed by atoms with E-state index in [1.165, 1.54) is 0 Å². The van der Waals surface area contributed by atoms with Crippen molar-refractivity contribution in [2.45, 2.75) is 57.2 Å². The molecule has 1 aromatic rings. The number of aliphatic imine (C=N–C) groups is 1. The van der Waals surface area contributed by atoms with Crippen molar-refractivity contribution < 1.29 is 14.4 Å². The molecule has 1 fully saturated rings. The molecule has 1 saturated carbocycles. The van der Waals surface area contributed by atoms with E-state index in [2.05, 4.69) is 10.3 Å². The van der Waals surface area contributed by atoms with Crippen LogP contribution in [0.4, 0.5) is 0 Å². The highest BCUT2D eigenvalue weighted by Gasteiger charge is 2.48. The second kappa shape index (κ2) is 8.55. The summed E-state index contributed by atoms with van der Waals surface area (Å²) in [4.78, 5) is 47.5. The number of nitrogens with zero attached hydrogens (tertiary/aromatic N) is 3. The molecule has 1 aliphatic carbocycles. The van der Waals surface area contributed by atoms with E-state index in [-0.39, 0.29) is 36.7 Å². The molecule has 0 aromatic carbocycles. The van der Waals surface area contributed by atoms with E-state index in [9.17, 15) is 14.4 Å². The van der Waals surface area contributed by atoms with Crippen molar-refractivity contribution in [1.29, 1.82) is 0 Å². The Morgan fingerprint density at radius 3 is 2.87 bits per heavy atom. The van der Waals surface area contributed by atoms with Crippen molar-refractivity contribution in [1.82, 2.24) is 15.1 Å². The smallest absolute Gasteiger partial charge is 0.250 e. The number of hydrogen-bond acceptors (Lipinski definition) is 5. The van der Waals surface area contributed by atoms with Gasteiger partial charge in [-0.2, -0.15) is 4.99 Å². The number of allylic oxidation sites excluding steroid dienone is 2. The molecule has 1 aromatic heterocycles. The molecule has 3 heterocycles. The van der Waals surface area contributed by atoms with Crippen LogP contribution in [0.5, 0.6) is 0 Å². The highest BCUT2D eigenvalue weighted by molar-refractivity contribution is 7.09. The van der Waals surface area contributed by atoms with E-state index in [0.29, 0.717) is 12.4 Å². The largest absolute Gasteiger partial charge is 0.350 e. The van der Waals surface area contributed by atoms with E-state index in [0.717, 1.165) is 30.6 Å². The van der Waals surface area contributed by atoms with E-state index in [4.69, 9.17) is 0 Å². The maximum Gasteiger partial charge on any atom is 0.250 e. The van der Waals surface area contributed by atoms with Gasteiger partial charge in [-0.05, 0) is 43.4 Å². The third kappa shape index (κ3) is 4.09. The number of rotatable bonds is 6. The number of fused-ring (bicyclic) bond motifs is 1. The monoisotopic (exact) mass is 426 g/mol. The molecule has 1 atom stereocenters. The lowest BCUT2D eigenvalue weighted by atomic mass is 9.89. The standard InChI is InChI=1S/C22H26N4O3S/c1-22(13-19(27)24-18-10-4-5-11-26(18)22)21(29)25(16-7-2-3-8-16)15-20(28)23-14-17-9-6-12-30-17/h4-6,9-12,16H,2-3,7-8,13-15H2,1H3,(H,23,28). The Morgan fingerprint density at radius 1 is 1.33 bits per heavy atom. The highest BCUT2D eigenvalue weighted by atomic mass is 32.1. The molecule has 0 radical (unpaired) electrons. The van der Waals surface area contributed by atoms with E-state index < -0.39 is 5.54 Å². The van der Waals surface area contributed by atoms with Crippen molar-refractivity contribution in [2.75, 3.05) is 6.54 Å². The first-order valence-corrected chi connectivity index (χ1v) is 11.2. The minimum Gasteiger partial charge on any atom is -0.350 e. The third-order valence-electron chi connectivity index (χ3n) is 5.95. The molecule has 3 amide bonds. The topological polar surface area (TPSA) is 82.1 Å². The first-order chi connectivity index (χ1) is 14.5. The van der Waals surface area contributed by atoms with Gasteiger partial charge in [-0.3, -0.25) is 14.4 Å². The number of hydrogen-bond donors (Lipinski definition) is 1. The van der Waals surface area contributed by atoms with Crippen molar-refractivity contribution in [2.24, 2.45) is 4.99 Å². The minimum absolute atomic E-state index is 0.00146. The van der Waals surface area contributed by atoms with Crippen LogP contribution in [-0.2, 0) is 20.9 Å². The molecule has 1 N–H and O–H groups in total. The van der Waals surface area contributed by atoms with Crippen LogP contribution in [0.15, 0.2) is 46.9 Å². The summed E-state index contributed by atoms with van der Waals surface area (Å²) in [6.07, 6.45) is 11.0. The Balaban J connectivity index is 1.54. The van der Waals surface area contributed by atoms with Crippen molar-refractivity contribution in [3.63, 3.8) is 0 Å². The fourth-order valence-corrected chi connectivity index (χ4v) is 5.01. The number of thiophene rings is 1. The summed E-state index contributed by atoms with van der Waals surface area (Å²) in [6, 6.07) is 3.93. The molecule has 0 saturated heterocycles. The summed E-state index contributed by atoms with van der Waals surface area (Å²) in [7, 11) is 0. The van der Waals surface area contributed by atoms with Gasteiger partial charge in [0.25, 0.3) is 5.91 Å². The van der Waals surface area contributed by atoms with Crippen molar-refractivity contribution in [3.8, 4) is 0 Å². The van der Waals surface area contributed by atoms with Gasteiger partial charge < -0.3 is 15.1 Å². The zero-order valence-corrected chi connectivity index (χ0v) is 17.9. The lowest BCUT2D eigenvalue weighted by Crippen LogP contribution is -2.63. The van der Waals surface area contributed by atoms with E-state index >= 15 is 0 Å². The Bertz CT molecular complexity index is 915. The van der Waals surface area contributed by atoms with Gasteiger partial charge in [0.2, 0.25) is 11.8 Å². The number of carbonyl (C=O) groups excluding carboxylic acids is 3. The summed E-state index contributed by atoms with van der Waals surface area (Å²) < 4.78 is 0. The third-order valence-corrected chi connectivity index (χ3v) is 6.82. The number of carbonyl (C=O) groups is 3. The zero-order chi connectivity index (χ0) is 21.1. The molecule has 3 aliphatic rings. The first kappa shape index (κ1) is 20.5. The van der Waals surface area contributed by atoms with Crippen molar-refractivity contribution >= 4 is 34.9 Å². The average molecular weight is 427 g/mol. The van der Waals surface area contributed by atoms with E-state index in [1.807, 2.05) is 23.6 Å². The molecule has 2 aliphatic heterocycles. The van der Waals surface area contributed by atoms with E-state index in [1.54, 1.807) is 46.4 Å². The Hall–Kier alpha value is -2.74. The summed E-state index contributed by atoms with van der Waals surface area (Å²) in [6.45, 7) is 2.23. The maximum absolute atomic E-state index is 13.8. The Morgan fingerprint density at radius 2 is 2.13 bits per heavy atom. The first-order valence-electron chi connectivity index (χ1n) is 10.3. The average Bonchev–Trinajstić information content (AvgIpc) is 3.44. The predicted molar refractivity (Wildman–Crippen MR) is 116 cm³/mol. The Labute approximate surface area is 180 Å². The molecule has 0 spiro atoms. The molecule has 30 heavy (non-hydrogen) atoms. The summed E-state index contributed by atoms with van der Waals surface area (Å²) in [5.74, 6) is -0.220. The van der Waals surface area contributed by atoms with Crippen LogP contribution in [0.2, 0.25) is 0 Å². The van der Waals surface area contributed by atoms with Crippen LogP contribution in [-0.4, -0.2) is 51.5 Å². The minimum atomic E-state index is -1.09. The molecule has 0 bridgehead atoms. The molecule has 4 rings (SSSR count). The van der Waals surface area contributed by atoms with Gasteiger partial charge >= 0.3 is 0 Å². The molecular formula is C22H26N4O3S. The van der Waals surface area contributed by atoms with Crippen LogP contribution in [0.3, 0.4) is 0 Å². The van der Waals surface area contributed by atoms with Gasteiger partial charge in [0.15, 0.2) is 0 Å². The second-order valence-electron chi connectivity index (χ2n) is 8.11. The molecule has 8 heteroatoms. The van der Waals surface area contributed by atoms with Crippen LogP contribution in [0.1, 0.15) is 43.9 Å². The lowest BCUT2D eigenvalue weighted by molar-refractivity contribution is -0.148. The van der Waals surface area contributed by atoms with Crippen LogP contribution < -0.4 is 5.32 Å². The van der Waals surface area contributed by atoms with Gasteiger partial charge in [0.05, 0.1) is 19.5 Å². The summed E-state index contributed by atoms with van der Waals surface area (Å²) >= 11 is 1.58. The van der Waals surface area contributed by atoms with Crippen molar-refractivity contribution in [3.05, 3.63) is 46.8 Å².